The average molecular weight is 398 g/mol. The molecule has 0 amide bonds. The summed E-state index contributed by atoms with van der Waals surface area (Å²) in [6.45, 7) is 1.85. The van der Waals surface area contributed by atoms with Crippen molar-refractivity contribution in [1.82, 2.24) is 9.97 Å². The zero-order valence-corrected chi connectivity index (χ0v) is 16.8. The normalized spacial score (nSPS) is 14.4. The summed E-state index contributed by atoms with van der Waals surface area (Å²) >= 11 is 0. The van der Waals surface area contributed by atoms with Gasteiger partial charge in [-0.25, -0.2) is 13.4 Å². The zero-order chi connectivity index (χ0) is 19.7. The van der Waals surface area contributed by atoms with Crippen LogP contribution in [0, 0.1) is 0 Å². The molecule has 146 valence electrons. The van der Waals surface area contributed by atoms with E-state index in [-0.39, 0.29) is 4.90 Å². The maximum atomic E-state index is 13.1. The summed E-state index contributed by atoms with van der Waals surface area (Å²) in [5.41, 5.74) is 0.362. The summed E-state index contributed by atoms with van der Waals surface area (Å²) in [5.74, 6) is 1.18. The Bertz CT molecular complexity index is 1100. The van der Waals surface area contributed by atoms with Crippen LogP contribution >= 0.6 is 0 Å². The minimum atomic E-state index is -3.80. The Kier molecular flexibility index (Phi) is 4.80. The van der Waals surface area contributed by atoms with Crippen molar-refractivity contribution in [3.8, 4) is 0 Å². The first kappa shape index (κ1) is 18.5. The summed E-state index contributed by atoms with van der Waals surface area (Å²) in [7, 11) is -0.120. The maximum Gasteiger partial charge on any atom is 0.262 e. The molecule has 0 bridgehead atoms. The Hall–Kier alpha value is -2.87. The molecule has 3 aromatic rings. The SMILES string of the molecule is CN(C)c1nc(N2CCCC2)ncc1NS(=O)(=O)c1cccc2ccccc12. The lowest BCUT2D eigenvalue weighted by molar-refractivity contribution is 0.602. The Morgan fingerprint density at radius 3 is 2.50 bits per heavy atom. The second-order valence-electron chi connectivity index (χ2n) is 7.08. The van der Waals surface area contributed by atoms with E-state index >= 15 is 0 Å². The average Bonchev–Trinajstić information content (AvgIpc) is 3.22. The molecule has 2 aromatic carbocycles. The molecular weight excluding hydrogens is 374 g/mol. The number of nitrogens with zero attached hydrogens (tertiary/aromatic N) is 4. The van der Waals surface area contributed by atoms with Gasteiger partial charge in [0.25, 0.3) is 10.0 Å². The second-order valence-corrected chi connectivity index (χ2v) is 8.73. The van der Waals surface area contributed by atoms with Gasteiger partial charge in [0, 0.05) is 32.6 Å². The van der Waals surface area contributed by atoms with Crippen molar-refractivity contribution >= 4 is 38.2 Å². The lowest BCUT2D eigenvalue weighted by atomic mass is 10.1. The monoisotopic (exact) mass is 397 g/mol. The third-order valence-corrected chi connectivity index (χ3v) is 6.28. The topological polar surface area (TPSA) is 78.4 Å². The second kappa shape index (κ2) is 7.27. The first-order chi connectivity index (χ1) is 13.5. The third-order valence-electron chi connectivity index (χ3n) is 4.85. The molecule has 0 radical (unpaired) electrons. The molecule has 2 heterocycles. The van der Waals surface area contributed by atoms with Gasteiger partial charge in [-0.15, -0.1) is 0 Å². The van der Waals surface area contributed by atoms with Crippen LogP contribution in [0.1, 0.15) is 12.8 Å². The van der Waals surface area contributed by atoms with E-state index in [0.29, 0.717) is 22.8 Å². The molecular formula is C20H23N5O2S. The van der Waals surface area contributed by atoms with Crippen LogP contribution in [-0.2, 0) is 10.0 Å². The molecule has 1 fully saturated rings. The van der Waals surface area contributed by atoms with Crippen LogP contribution in [0.5, 0.6) is 0 Å². The van der Waals surface area contributed by atoms with Gasteiger partial charge in [0.2, 0.25) is 5.95 Å². The van der Waals surface area contributed by atoms with Crippen LogP contribution in [0.4, 0.5) is 17.5 Å². The molecule has 1 saturated heterocycles. The molecule has 0 atom stereocenters. The van der Waals surface area contributed by atoms with Crippen molar-refractivity contribution < 1.29 is 8.42 Å². The van der Waals surface area contributed by atoms with Gasteiger partial charge in [0.15, 0.2) is 5.82 Å². The van der Waals surface area contributed by atoms with Crippen molar-refractivity contribution in [2.45, 2.75) is 17.7 Å². The van der Waals surface area contributed by atoms with Gasteiger partial charge in [-0.05, 0) is 24.3 Å². The number of aromatic nitrogens is 2. The van der Waals surface area contributed by atoms with Gasteiger partial charge in [-0.2, -0.15) is 4.98 Å². The highest BCUT2D eigenvalue weighted by atomic mass is 32.2. The molecule has 0 spiro atoms. The fourth-order valence-corrected chi connectivity index (χ4v) is 4.75. The van der Waals surface area contributed by atoms with E-state index in [1.54, 1.807) is 23.2 Å². The van der Waals surface area contributed by atoms with E-state index in [1.165, 1.54) is 0 Å². The predicted octanol–water partition coefficient (Wildman–Crippen LogP) is 3.10. The van der Waals surface area contributed by atoms with Crippen LogP contribution in [-0.4, -0.2) is 45.6 Å². The standard InChI is InChI=1S/C20H23N5O2S/c1-24(2)19-17(14-21-20(22-19)25-12-5-6-13-25)23-28(26,27)18-11-7-9-15-8-3-4-10-16(15)18/h3-4,7-11,14,23H,5-6,12-13H2,1-2H3. The number of anilines is 3. The first-order valence-corrected chi connectivity index (χ1v) is 10.7. The number of sulfonamides is 1. The van der Waals surface area contributed by atoms with E-state index in [0.717, 1.165) is 31.3 Å². The zero-order valence-electron chi connectivity index (χ0n) is 16.0. The lowest BCUT2D eigenvalue weighted by Gasteiger charge is -2.21. The summed E-state index contributed by atoms with van der Waals surface area (Å²) < 4.78 is 29.0. The molecule has 0 saturated carbocycles. The number of rotatable bonds is 5. The minimum absolute atomic E-state index is 0.235. The molecule has 1 aliphatic heterocycles. The van der Waals surface area contributed by atoms with E-state index < -0.39 is 10.0 Å². The van der Waals surface area contributed by atoms with Gasteiger partial charge < -0.3 is 9.80 Å². The van der Waals surface area contributed by atoms with Gasteiger partial charge >= 0.3 is 0 Å². The van der Waals surface area contributed by atoms with Crippen molar-refractivity contribution in [2.75, 3.05) is 41.7 Å². The fraction of sp³-hybridized carbons (Fsp3) is 0.300. The van der Waals surface area contributed by atoms with E-state index in [1.807, 2.05) is 44.4 Å². The molecule has 1 N–H and O–H groups in total. The van der Waals surface area contributed by atoms with Crippen molar-refractivity contribution in [3.63, 3.8) is 0 Å². The number of hydrogen-bond acceptors (Lipinski definition) is 6. The Morgan fingerprint density at radius 1 is 1.04 bits per heavy atom. The van der Waals surface area contributed by atoms with Crippen molar-refractivity contribution in [2.24, 2.45) is 0 Å². The Morgan fingerprint density at radius 2 is 1.75 bits per heavy atom. The van der Waals surface area contributed by atoms with Crippen LogP contribution in [0.3, 0.4) is 0 Å². The summed E-state index contributed by atoms with van der Waals surface area (Å²) in [4.78, 5) is 13.2. The fourth-order valence-electron chi connectivity index (χ4n) is 3.48. The van der Waals surface area contributed by atoms with Gasteiger partial charge in [-0.3, -0.25) is 4.72 Å². The van der Waals surface area contributed by atoms with E-state index in [2.05, 4.69) is 19.6 Å². The van der Waals surface area contributed by atoms with Gasteiger partial charge in [-0.1, -0.05) is 36.4 Å². The summed E-state index contributed by atoms with van der Waals surface area (Å²) in [6.07, 6.45) is 3.80. The third kappa shape index (κ3) is 3.47. The first-order valence-electron chi connectivity index (χ1n) is 9.25. The molecule has 1 aromatic heterocycles. The molecule has 7 nitrogen and oxygen atoms in total. The molecule has 0 aliphatic carbocycles. The van der Waals surface area contributed by atoms with Crippen LogP contribution in [0.25, 0.3) is 10.8 Å². The molecule has 0 unspecified atom stereocenters. The van der Waals surface area contributed by atoms with Crippen molar-refractivity contribution in [3.05, 3.63) is 48.7 Å². The number of nitrogens with one attached hydrogen (secondary N) is 1. The highest BCUT2D eigenvalue weighted by Gasteiger charge is 2.22. The summed E-state index contributed by atoms with van der Waals surface area (Å²) in [5, 5.41) is 1.55. The van der Waals surface area contributed by atoms with Crippen LogP contribution in [0.2, 0.25) is 0 Å². The molecule has 1 aliphatic rings. The van der Waals surface area contributed by atoms with Crippen molar-refractivity contribution in [1.29, 1.82) is 0 Å². The smallest absolute Gasteiger partial charge is 0.262 e. The molecule has 28 heavy (non-hydrogen) atoms. The lowest BCUT2D eigenvalue weighted by Crippen LogP contribution is -2.24. The maximum absolute atomic E-state index is 13.1. The minimum Gasteiger partial charge on any atom is -0.361 e. The van der Waals surface area contributed by atoms with Crippen LogP contribution in [0.15, 0.2) is 53.6 Å². The van der Waals surface area contributed by atoms with E-state index in [9.17, 15) is 8.42 Å². The highest BCUT2D eigenvalue weighted by molar-refractivity contribution is 7.93. The highest BCUT2D eigenvalue weighted by Crippen LogP contribution is 2.29. The number of benzene rings is 2. The van der Waals surface area contributed by atoms with Gasteiger partial charge in [0.1, 0.15) is 5.69 Å². The molecule has 4 rings (SSSR count). The van der Waals surface area contributed by atoms with Gasteiger partial charge in [0.05, 0.1) is 11.1 Å². The quantitative estimate of drug-likeness (QED) is 0.713. The number of hydrogen-bond donors (Lipinski definition) is 1. The Balaban J connectivity index is 1.73. The Labute approximate surface area is 165 Å². The predicted molar refractivity (Wildman–Crippen MR) is 113 cm³/mol. The largest absolute Gasteiger partial charge is 0.361 e. The molecule has 8 heteroatoms. The van der Waals surface area contributed by atoms with E-state index in [4.69, 9.17) is 0 Å². The number of fused-ring (bicyclic) bond motifs is 1. The summed E-state index contributed by atoms with van der Waals surface area (Å²) in [6, 6.07) is 12.7. The van der Waals surface area contributed by atoms with Crippen LogP contribution < -0.4 is 14.5 Å².